The Bertz CT molecular complexity index is 506. The summed E-state index contributed by atoms with van der Waals surface area (Å²) in [5.74, 6) is 0. The normalized spacial score (nSPS) is 7.93. The number of hydrogen-bond acceptors (Lipinski definition) is 0. The van der Waals surface area contributed by atoms with E-state index < -0.39 is 0 Å². The number of benzene rings is 2. The summed E-state index contributed by atoms with van der Waals surface area (Å²) in [5.41, 5.74) is 3.92. The largest absolute Gasteiger partial charge is 0.0952 e. The fraction of sp³-hybridized carbons (Fsp3) is 0.533. The van der Waals surface area contributed by atoms with Crippen LogP contribution >= 0.6 is 0 Å². The predicted molar refractivity (Wildman–Crippen MR) is 148 cm³/mol. The first-order chi connectivity index (χ1) is 14.6. The molecule has 0 aliphatic rings. The molecular formula is C30H56. The maximum Gasteiger partial charge on any atom is -0.00632 e. The van der Waals surface area contributed by atoms with Crippen LogP contribution in [0.25, 0.3) is 5.57 Å². The Labute approximate surface area is 192 Å². The van der Waals surface area contributed by atoms with Gasteiger partial charge in [-0.25, -0.2) is 0 Å². The molecule has 0 fully saturated rings. The molecule has 0 nitrogen and oxygen atoms in total. The molecule has 0 heteroatoms. The van der Waals surface area contributed by atoms with Gasteiger partial charge in [0.25, 0.3) is 0 Å². The summed E-state index contributed by atoms with van der Waals surface area (Å²) < 4.78 is 0. The highest BCUT2D eigenvalue weighted by atomic mass is 14.3. The molecule has 0 atom stereocenters. The second kappa shape index (κ2) is 31.9. The molecule has 0 amide bonds. The van der Waals surface area contributed by atoms with Crippen molar-refractivity contribution in [2.24, 2.45) is 0 Å². The van der Waals surface area contributed by atoms with Crippen LogP contribution in [0.3, 0.4) is 0 Å². The molecule has 0 aliphatic heterocycles. The van der Waals surface area contributed by atoms with Gasteiger partial charge in [-0.05, 0) is 28.5 Å². The van der Waals surface area contributed by atoms with Crippen LogP contribution in [0.5, 0.6) is 0 Å². The molecule has 0 radical (unpaired) electrons. The van der Waals surface area contributed by atoms with Crippen molar-refractivity contribution in [1.82, 2.24) is 0 Å². The van der Waals surface area contributed by atoms with E-state index in [2.05, 4.69) is 75.0 Å². The van der Waals surface area contributed by atoms with E-state index in [1.54, 1.807) is 0 Å². The molecule has 0 spiro atoms. The molecule has 2 rings (SSSR count). The van der Waals surface area contributed by atoms with Gasteiger partial charge in [-0.2, -0.15) is 0 Å². The second-order valence-electron chi connectivity index (χ2n) is 5.40. The van der Waals surface area contributed by atoms with Crippen molar-refractivity contribution in [3.05, 3.63) is 78.4 Å². The monoisotopic (exact) mass is 416 g/mol. The lowest BCUT2D eigenvalue weighted by Gasteiger charge is -2.26. The molecule has 0 unspecified atom stereocenters. The topological polar surface area (TPSA) is 0 Å². The van der Waals surface area contributed by atoms with Crippen LogP contribution in [-0.4, -0.2) is 0 Å². The standard InChI is InChI=1S/C18H20.6C2H6/c1-15(16-10-6-4-7-11-16)14-18(2,3)17-12-8-5-9-13-17;6*1-2/h4-13H,1,14H2,2-3H3;6*1-2H3. The van der Waals surface area contributed by atoms with Crippen molar-refractivity contribution in [3.63, 3.8) is 0 Å². The Morgan fingerprint density at radius 2 is 0.867 bits per heavy atom. The summed E-state index contributed by atoms with van der Waals surface area (Å²) in [6.07, 6.45) is 0.973. The van der Waals surface area contributed by atoms with Crippen molar-refractivity contribution in [2.45, 2.75) is 109 Å². The van der Waals surface area contributed by atoms with Gasteiger partial charge >= 0.3 is 0 Å². The van der Waals surface area contributed by atoms with Crippen LogP contribution < -0.4 is 0 Å². The zero-order valence-electron chi connectivity index (χ0n) is 23.2. The number of hydrogen-bond donors (Lipinski definition) is 0. The van der Waals surface area contributed by atoms with Gasteiger partial charge in [0.15, 0.2) is 0 Å². The minimum Gasteiger partial charge on any atom is -0.0952 e. The van der Waals surface area contributed by atoms with E-state index in [1.807, 2.05) is 89.2 Å². The van der Waals surface area contributed by atoms with E-state index in [4.69, 9.17) is 0 Å². The van der Waals surface area contributed by atoms with Crippen LogP contribution in [0, 0.1) is 0 Å². The zero-order chi connectivity index (χ0) is 25.0. The molecule has 0 saturated heterocycles. The van der Waals surface area contributed by atoms with Gasteiger partial charge in [0.1, 0.15) is 0 Å². The van der Waals surface area contributed by atoms with Crippen molar-refractivity contribution in [3.8, 4) is 0 Å². The fourth-order valence-corrected chi connectivity index (χ4v) is 2.30. The lowest BCUT2D eigenvalue weighted by Crippen LogP contribution is -2.17. The van der Waals surface area contributed by atoms with Crippen LogP contribution in [0.2, 0.25) is 0 Å². The van der Waals surface area contributed by atoms with Crippen LogP contribution in [-0.2, 0) is 5.41 Å². The molecule has 30 heavy (non-hydrogen) atoms. The van der Waals surface area contributed by atoms with E-state index in [0.717, 1.165) is 6.42 Å². The second-order valence-corrected chi connectivity index (χ2v) is 5.40. The Hall–Kier alpha value is -1.82. The summed E-state index contributed by atoms with van der Waals surface area (Å²) in [6.45, 7) is 32.8. The third-order valence-electron chi connectivity index (χ3n) is 3.39. The van der Waals surface area contributed by atoms with E-state index in [-0.39, 0.29) is 5.41 Å². The smallest absolute Gasteiger partial charge is 0.00632 e. The van der Waals surface area contributed by atoms with E-state index >= 15 is 0 Å². The Morgan fingerprint density at radius 1 is 0.567 bits per heavy atom. The van der Waals surface area contributed by atoms with Gasteiger partial charge in [0.2, 0.25) is 0 Å². The predicted octanol–water partition coefficient (Wildman–Crippen LogP) is 11.2. The Morgan fingerprint density at radius 3 is 1.20 bits per heavy atom. The molecule has 0 aromatic heterocycles. The quantitative estimate of drug-likeness (QED) is 0.464. The van der Waals surface area contributed by atoms with Crippen LogP contribution in [0.15, 0.2) is 67.2 Å². The van der Waals surface area contributed by atoms with Crippen molar-refractivity contribution in [1.29, 1.82) is 0 Å². The molecular weight excluding hydrogens is 360 g/mol. The first-order valence-corrected chi connectivity index (χ1v) is 12.4. The Kier molecular flexibility index (Phi) is 41.1. The van der Waals surface area contributed by atoms with Crippen molar-refractivity contribution >= 4 is 5.57 Å². The molecule has 0 heterocycles. The Balaban J connectivity index is -0.000000150. The first-order valence-electron chi connectivity index (χ1n) is 12.4. The average Bonchev–Trinajstić information content (AvgIpc) is 2.87. The molecule has 0 aliphatic carbocycles. The van der Waals surface area contributed by atoms with Gasteiger partial charge in [-0.3, -0.25) is 0 Å². The van der Waals surface area contributed by atoms with Gasteiger partial charge in [-0.1, -0.05) is 164 Å². The summed E-state index contributed by atoms with van der Waals surface area (Å²) in [5, 5.41) is 0. The molecule has 176 valence electrons. The van der Waals surface area contributed by atoms with Crippen LogP contribution in [0.1, 0.15) is 114 Å². The van der Waals surface area contributed by atoms with E-state index in [0.29, 0.717) is 0 Å². The molecule has 0 saturated carbocycles. The fourth-order valence-electron chi connectivity index (χ4n) is 2.30. The lowest BCUT2D eigenvalue weighted by atomic mass is 9.78. The van der Waals surface area contributed by atoms with Gasteiger partial charge in [0.05, 0.1) is 0 Å². The van der Waals surface area contributed by atoms with Crippen molar-refractivity contribution < 1.29 is 0 Å². The third-order valence-corrected chi connectivity index (χ3v) is 3.39. The van der Waals surface area contributed by atoms with Gasteiger partial charge < -0.3 is 0 Å². The minimum atomic E-state index is 0.119. The van der Waals surface area contributed by atoms with E-state index in [9.17, 15) is 0 Å². The maximum atomic E-state index is 4.24. The zero-order valence-corrected chi connectivity index (χ0v) is 23.2. The summed E-state index contributed by atoms with van der Waals surface area (Å²) in [6, 6.07) is 21.1. The molecule has 2 aromatic carbocycles. The van der Waals surface area contributed by atoms with Crippen LogP contribution in [0.4, 0.5) is 0 Å². The number of allylic oxidation sites excluding steroid dienone is 1. The van der Waals surface area contributed by atoms with Gasteiger partial charge in [-0.15, -0.1) is 0 Å². The SMILES string of the molecule is C=C(CC(C)(C)c1ccccc1)c1ccccc1.CC.CC.CC.CC.CC.CC. The minimum absolute atomic E-state index is 0.119. The van der Waals surface area contributed by atoms with E-state index in [1.165, 1.54) is 16.7 Å². The molecule has 0 N–H and O–H groups in total. The molecule has 0 bridgehead atoms. The number of rotatable bonds is 4. The highest BCUT2D eigenvalue weighted by Crippen LogP contribution is 2.33. The highest BCUT2D eigenvalue weighted by molar-refractivity contribution is 5.64. The third kappa shape index (κ3) is 19.5. The highest BCUT2D eigenvalue weighted by Gasteiger charge is 2.21. The summed E-state index contributed by atoms with van der Waals surface area (Å²) in [7, 11) is 0. The average molecular weight is 417 g/mol. The maximum absolute atomic E-state index is 4.24. The van der Waals surface area contributed by atoms with Gasteiger partial charge in [0, 0.05) is 0 Å². The lowest BCUT2D eigenvalue weighted by molar-refractivity contribution is 0.542. The van der Waals surface area contributed by atoms with Crippen molar-refractivity contribution in [2.75, 3.05) is 0 Å². The summed E-state index contributed by atoms with van der Waals surface area (Å²) in [4.78, 5) is 0. The summed E-state index contributed by atoms with van der Waals surface area (Å²) >= 11 is 0. The first kappa shape index (κ1) is 38.7. The molecule has 2 aromatic rings.